The summed E-state index contributed by atoms with van der Waals surface area (Å²) < 4.78 is 0. The second-order valence-corrected chi connectivity index (χ2v) is 5.08. The van der Waals surface area contributed by atoms with Gasteiger partial charge in [-0.25, -0.2) is 4.98 Å². The largest absolute Gasteiger partial charge is 0.306 e. The Morgan fingerprint density at radius 2 is 1.76 bits per heavy atom. The van der Waals surface area contributed by atoms with E-state index >= 15 is 0 Å². The summed E-state index contributed by atoms with van der Waals surface area (Å²) in [5.74, 6) is -0.0850. The summed E-state index contributed by atoms with van der Waals surface area (Å²) in [6.07, 6.45) is 2.45. The Labute approximate surface area is 122 Å². The molecule has 0 radical (unpaired) electrons. The standard InChI is InChI=1S/C17H13N3O/c21-17(20-10-9-12-5-1-4-8-16(12)20)15-11-18-13-6-2-3-7-14(13)19-15/h1-8,11H,9-10H2. The highest BCUT2D eigenvalue weighted by Gasteiger charge is 2.26. The molecule has 1 aromatic heterocycles. The lowest BCUT2D eigenvalue weighted by atomic mass is 10.2. The van der Waals surface area contributed by atoms with E-state index in [0.29, 0.717) is 12.2 Å². The van der Waals surface area contributed by atoms with Gasteiger partial charge in [0.05, 0.1) is 17.2 Å². The molecular weight excluding hydrogens is 262 g/mol. The van der Waals surface area contributed by atoms with Crippen molar-refractivity contribution in [2.45, 2.75) is 6.42 Å². The van der Waals surface area contributed by atoms with Gasteiger partial charge in [-0.05, 0) is 30.2 Å². The van der Waals surface area contributed by atoms with Gasteiger partial charge in [-0.1, -0.05) is 30.3 Å². The molecule has 1 amide bonds. The highest BCUT2D eigenvalue weighted by molar-refractivity contribution is 6.06. The van der Waals surface area contributed by atoms with E-state index in [4.69, 9.17) is 0 Å². The Kier molecular flexibility index (Phi) is 2.67. The maximum atomic E-state index is 12.7. The van der Waals surface area contributed by atoms with Crippen LogP contribution < -0.4 is 4.90 Å². The van der Waals surface area contributed by atoms with Crippen molar-refractivity contribution in [3.63, 3.8) is 0 Å². The highest BCUT2D eigenvalue weighted by atomic mass is 16.2. The van der Waals surface area contributed by atoms with E-state index in [1.54, 1.807) is 11.1 Å². The summed E-state index contributed by atoms with van der Waals surface area (Å²) in [5, 5.41) is 0. The van der Waals surface area contributed by atoms with E-state index < -0.39 is 0 Å². The molecule has 4 rings (SSSR count). The molecule has 4 nitrogen and oxygen atoms in total. The fraction of sp³-hybridized carbons (Fsp3) is 0.118. The van der Waals surface area contributed by atoms with Crippen LogP contribution in [0.15, 0.2) is 54.7 Å². The summed E-state index contributed by atoms with van der Waals surface area (Å²) in [4.78, 5) is 23.2. The van der Waals surface area contributed by atoms with E-state index in [1.165, 1.54) is 5.56 Å². The Balaban J connectivity index is 1.74. The molecule has 0 bridgehead atoms. The van der Waals surface area contributed by atoms with E-state index in [0.717, 1.165) is 23.1 Å². The number of aromatic nitrogens is 2. The number of benzene rings is 2. The predicted octanol–water partition coefficient (Wildman–Crippen LogP) is 2.83. The monoisotopic (exact) mass is 275 g/mol. The number of nitrogens with zero attached hydrogens (tertiary/aromatic N) is 3. The van der Waals surface area contributed by atoms with Gasteiger partial charge in [0.15, 0.2) is 0 Å². The van der Waals surface area contributed by atoms with Crippen molar-refractivity contribution in [2.24, 2.45) is 0 Å². The van der Waals surface area contributed by atoms with E-state index in [2.05, 4.69) is 16.0 Å². The van der Waals surface area contributed by atoms with Gasteiger partial charge in [-0.3, -0.25) is 9.78 Å². The summed E-state index contributed by atoms with van der Waals surface area (Å²) in [6.45, 7) is 0.701. The van der Waals surface area contributed by atoms with Crippen LogP contribution in [0.2, 0.25) is 0 Å². The molecule has 2 heterocycles. The van der Waals surface area contributed by atoms with Crippen LogP contribution in [0.1, 0.15) is 16.1 Å². The molecule has 0 unspecified atom stereocenters. The average molecular weight is 275 g/mol. The Hall–Kier alpha value is -2.75. The number of amides is 1. The van der Waals surface area contributed by atoms with Crippen LogP contribution in [0.4, 0.5) is 5.69 Å². The average Bonchev–Trinajstić information content (AvgIpc) is 2.98. The molecule has 0 saturated carbocycles. The molecule has 21 heavy (non-hydrogen) atoms. The smallest absolute Gasteiger partial charge is 0.278 e. The second kappa shape index (κ2) is 4.66. The van der Waals surface area contributed by atoms with Gasteiger partial charge in [-0.15, -0.1) is 0 Å². The normalized spacial score (nSPS) is 13.4. The van der Waals surface area contributed by atoms with Gasteiger partial charge < -0.3 is 4.90 Å². The predicted molar refractivity (Wildman–Crippen MR) is 81.4 cm³/mol. The Bertz CT molecular complexity index is 844. The van der Waals surface area contributed by atoms with Crippen molar-refractivity contribution in [2.75, 3.05) is 11.4 Å². The summed E-state index contributed by atoms with van der Waals surface area (Å²) in [5.41, 5.74) is 4.13. The zero-order valence-corrected chi connectivity index (χ0v) is 11.4. The second-order valence-electron chi connectivity index (χ2n) is 5.08. The van der Waals surface area contributed by atoms with Gasteiger partial charge in [0, 0.05) is 12.2 Å². The van der Waals surface area contributed by atoms with Crippen LogP contribution in [0.5, 0.6) is 0 Å². The number of hydrogen-bond acceptors (Lipinski definition) is 3. The zero-order chi connectivity index (χ0) is 14.2. The molecule has 0 N–H and O–H groups in total. The molecule has 3 aromatic rings. The number of carbonyl (C=O) groups excluding carboxylic acids is 1. The first kappa shape index (κ1) is 12.0. The van der Waals surface area contributed by atoms with Crippen LogP contribution >= 0.6 is 0 Å². The van der Waals surface area contributed by atoms with Gasteiger partial charge in [0.2, 0.25) is 0 Å². The van der Waals surface area contributed by atoms with E-state index in [1.807, 2.05) is 42.5 Å². The molecule has 4 heteroatoms. The van der Waals surface area contributed by atoms with Crippen molar-refractivity contribution in [1.29, 1.82) is 0 Å². The van der Waals surface area contributed by atoms with Gasteiger partial charge in [0.1, 0.15) is 5.69 Å². The highest BCUT2D eigenvalue weighted by Crippen LogP contribution is 2.28. The third kappa shape index (κ3) is 1.96. The van der Waals surface area contributed by atoms with Crippen LogP contribution in [0.3, 0.4) is 0 Å². The molecule has 0 atom stereocenters. The van der Waals surface area contributed by atoms with Gasteiger partial charge >= 0.3 is 0 Å². The molecule has 1 aliphatic rings. The number of fused-ring (bicyclic) bond motifs is 2. The minimum Gasteiger partial charge on any atom is -0.306 e. The SMILES string of the molecule is O=C(c1cnc2ccccc2n1)N1CCc2ccccc21. The van der Waals surface area contributed by atoms with Crippen LogP contribution in [0.25, 0.3) is 11.0 Å². The lowest BCUT2D eigenvalue weighted by Gasteiger charge is -2.16. The summed E-state index contributed by atoms with van der Waals surface area (Å²) >= 11 is 0. The molecule has 0 saturated heterocycles. The first-order valence-corrected chi connectivity index (χ1v) is 6.94. The molecule has 102 valence electrons. The fourth-order valence-corrected chi connectivity index (χ4v) is 2.75. The number of rotatable bonds is 1. The fourth-order valence-electron chi connectivity index (χ4n) is 2.75. The molecule has 0 fully saturated rings. The van der Waals surface area contributed by atoms with Crippen molar-refractivity contribution in [3.8, 4) is 0 Å². The topological polar surface area (TPSA) is 46.1 Å². The minimum absolute atomic E-state index is 0.0850. The lowest BCUT2D eigenvalue weighted by molar-refractivity contribution is 0.0984. The number of anilines is 1. The Morgan fingerprint density at radius 1 is 1.00 bits per heavy atom. The first-order chi connectivity index (χ1) is 10.3. The van der Waals surface area contributed by atoms with Crippen LogP contribution in [0, 0.1) is 0 Å². The number of carbonyl (C=O) groups is 1. The quantitative estimate of drug-likeness (QED) is 0.686. The van der Waals surface area contributed by atoms with Crippen molar-refractivity contribution >= 4 is 22.6 Å². The van der Waals surface area contributed by atoms with E-state index in [-0.39, 0.29) is 5.91 Å². The molecular formula is C17H13N3O. The zero-order valence-electron chi connectivity index (χ0n) is 11.4. The lowest BCUT2D eigenvalue weighted by Crippen LogP contribution is -2.29. The molecule has 0 spiro atoms. The molecule has 0 aliphatic carbocycles. The van der Waals surface area contributed by atoms with Crippen molar-refractivity contribution in [1.82, 2.24) is 9.97 Å². The van der Waals surface area contributed by atoms with Gasteiger partial charge in [0.25, 0.3) is 5.91 Å². The molecule has 1 aliphatic heterocycles. The maximum absolute atomic E-state index is 12.7. The van der Waals surface area contributed by atoms with Crippen molar-refractivity contribution < 1.29 is 4.79 Å². The maximum Gasteiger partial charge on any atom is 0.278 e. The van der Waals surface area contributed by atoms with Crippen LogP contribution in [-0.2, 0) is 6.42 Å². The van der Waals surface area contributed by atoms with Crippen LogP contribution in [-0.4, -0.2) is 22.4 Å². The minimum atomic E-state index is -0.0850. The Morgan fingerprint density at radius 3 is 2.67 bits per heavy atom. The number of para-hydroxylation sites is 3. The third-order valence-corrected chi connectivity index (χ3v) is 3.80. The first-order valence-electron chi connectivity index (χ1n) is 6.94. The molecule has 2 aromatic carbocycles. The van der Waals surface area contributed by atoms with Crippen molar-refractivity contribution in [3.05, 3.63) is 66.0 Å². The van der Waals surface area contributed by atoms with E-state index in [9.17, 15) is 4.79 Å². The van der Waals surface area contributed by atoms with Gasteiger partial charge in [-0.2, -0.15) is 0 Å². The number of hydrogen-bond donors (Lipinski definition) is 0. The third-order valence-electron chi connectivity index (χ3n) is 3.80. The summed E-state index contributed by atoms with van der Waals surface area (Å²) in [6, 6.07) is 15.6. The summed E-state index contributed by atoms with van der Waals surface area (Å²) in [7, 11) is 0.